The largest absolute Gasteiger partial charge is 0.340 e. The van der Waals surface area contributed by atoms with Gasteiger partial charge in [0.15, 0.2) is 0 Å². The van der Waals surface area contributed by atoms with Gasteiger partial charge in [-0.15, -0.1) is 0 Å². The maximum atomic E-state index is 13.8. The van der Waals surface area contributed by atoms with Gasteiger partial charge in [0.2, 0.25) is 0 Å². The first-order chi connectivity index (χ1) is 14.9. The fourth-order valence-electron chi connectivity index (χ4n) is 2.82. The summed E-state index contributed by atoms with van der Waals surface area (Å²) >= 11 is 5.85. The number of halogens is 2. The Morgan fingerprint density at radius 3 is 2.13 bits per heavy atom. The molecule has 0 bridgehead atoms. The lowest BCUT2D eigenvalue weighted by Crippen LogP contribution is -2.53. The fourth-order valence-corrected chi connectivity index (χ4v) is 2.95. The Labute approximate surface area is 183 Å². The highest BCUT2D eigenvalue weighted by Crippen LogP contribution is 2.11. The van der Waals surface area contributed by atoms with Crippen LogP contribution in [0.3, 0.4) is 0 Å². The summed E-state index contributed by atoms with van der Waals surface area (Å²) in [6, 6.07) is 19.7. The van der Waals surface area contributed by atoms with Gasteiger partial charge >= 0.3 is 0 Å². The molecule has 0 saturated heterocycles. The molecule has 1 atom stereocenters. The van der Waals surface area contributed by atoms with E-state index in [1.54, 1.807) is 12.1 Å². The Morgan fingerprint density at radius 2 is 1.45 bits per heavy atom. The van der Waals surface area contributed by atoms with E-state index < -0.39 is 29.6 Å². The summed E-state index contributed by atoms with van der Waals surface area (Å²) in [7, 11) is 0. The Kier molecular flexibility index (Phi) is 7.35. The van der Waals surface area contributed by atoms with Crippen LogP contribution in [-0.4, -0.2) is 23.8 Å². The van der Waals surface area contributed by atoms with Gasteiger partial charge in [-0.2, -0.15) is 0 Å². The van der Waals surface area contributed by atoms with Crippen LogP contribution in [0, 0.1) is 5.82 Å². The van der Waals surface area contributed by atoms with Gasteiger partial charge in [-0.25, -0.2) is 4.39 Å². The highest BCUT2D eigenvalue weighted by molar-refractivity contribution is 6.30. The summed E-state index contributed by atoms with van der Waals surface area (Å²) in [4.78, 5) is 37.5. The van der Waals surface area contributed by atoms with Crippen LogP contribution in [0.5, 0.6) is 0 Å². The molecule has 3 N–H and O–H groups in total. The van der Waals surface area contributed by atoms with Crippen molar-refractivity contribution in [2.45, 2.75) is 12.5 Å². The lowest BCUT2D eigenvalue weighted by atomic mass is 10.0. The van der Waals surface area contributed by atoms with Crippen LogP contribution in [0.15, 0.2) is 78.9 Å². The van der Waals surface area contributed by atoms with Crippen LogP contribution >= 0.6 is 11.6 Å². The first kappa shape index (κ1) is 22.0. The molecule has 0 aliphatic heterocycles. The standard InChI is InChI=1S/C23H19ClFN3O3/c24-17-12-10-16(11-13-17)21(29)26-20(14-15-6-2-1-3-7-15)23(31)28-27-22(30)18-8-4-5-9-19(18)25/h1-13,20H,14H2,(H,26,29)(H,27,30)(H,28,31). The summed E-state index contributed by atoms with van der Waals surface area (Å²) < 4.78 is 13.8. The van der Waals surface area contributed by atoms with Crippen LogP contribution in [0.25, 0.3) is 0 Å². The van der Waals surface area contributed by atoms with Crippen molar-refractivity contribution in [1.29, 1.82) is 0 Å². The van der Waals surface area contributed by atoms with Gasteiger partial charge in [0.1, 0.15) is 11.9 Å². The molecule has 0 aromatic heterocycles. The van der Waals surface area contributed by atoms with E-state index in [2.05, 4.69) is 16.2 Å². The van der Waals surface area contributed by atoms with Crippen LogP contribution in [0.1, 0.15) is 26.3 Å². The van der Waals surface area contributed by atoms with Crippen molar-refractivity contribution >= 4 is 29.3 Å². The van der Waals surface area contributed by atoms with Gasteiger partial charge in [0, 0.05) is 17.0 Å². The lowest BCUT2D eigenvalue weighted by molar-refractivity contribution is -0.123. The van der Waals surface area contributed by atoms with Gasteiger partial charge in [0.25, 0.3) is 17.7 Å². The van der Waals surface area contributed by atoms with E-state index in [1.165, 1.54) is 30.3 Å². The molecular formula is C23H19ClFN3O3. The van der Waals surface area contributed by atoms with E-state index in [0.29, 0.717) is 10.6 Å². The summed E-state index contributed by atoms with van der Waals surface area (Å²) in [5.41, 5.74) is 5.35. The smallest absolute Gasteiger partial charge is 0.272 e. The second-order valence-corrected chi connectivity index (χ2v) is 7.08. The maximum Gasteiger partial charge on any atom is 0.272 e. The van der Waals surface area contributed by atoms with Crippen molar-refractivity contribution in [2.75, 3.05) is 0 Å². The second-order valence-electron chi connectivity index (χ2n) is 6.65. The zero-order chi connectivity index (χ0) is 22.2. The summed E-state index contributed by atoms with van der Waals surface area (Å²) in [5.74, 6) is -2.66. The Balaban J connectivity index is 1.71. The molecule has 3 aromatic rings. The normalized spacial score (nSPS) is 11.3. The highest BCUT2D eigenvalue weighted by Gasteiger charge is 2.23. The lowest BCUT2D eigenvalue weighted by Gasteiger charge is -2.19. The SMILES string of the molecule is O=C(NC(Cc1ccccc1)C(=O)NNC(=O)c1ccccc1F)c1ccc(Cl)cc1. The van der Waals surface area contributed by atoms with E-state index in [4.69, 9.17) is 11.6 Å². The predicted octanol–water partition coefficient (Wildman–Crippen LogP) is 3.28. The van der Waals surface area contributed by atoms with Gasteiger partial charge in [0.05, 0.1) is 5.56 Å². The van der Waals surface area contributed by atoms with Crippen molar-refractivity contribution in [1.82, 2.24) is 16.2 Å². The quantitative estimate of drug-likeness (QED) is 0.515. The molecule has 0 fully saturated rings. The molecule has 0 spiro atoms. The molecular weight excluding hydrogens is 421 g/mol. The molecule has 31 heavy (non-hydrogen) atoms. The predicted molar refractivity (Wildman–Crippen MR) is 115 cm³/mol. The zero-order valence-electron chi connectivity index (χ0n) is 16.3. The number of amides is 3. The third kappa shape index (κ3) is 6.13. The minimum absolute atomic E-state index is 0.182. The van der Waals surface area contributed by atoms with Crippen LogP contribution in [0.4, 0.5) is 4.39 Å². The van der Waals surface area contributed by atoms with E-state index in [0.717, 1.165) is 11.6 Å². The van der Waals surface area contributed by atoms with Crippen molar-refractivity contribution in [2.24, 2.45) is 0 Å². The first-order valence-electron chi connectivity index (χ1n) is 9.39. The zero-order valence-corrected chi connectivity index (χ0v) is 17.0. The molecule has 6 nitrogen and oxygen atoms in total. The van der Waals surface area contributed by atoms with Crippen LogP contribution in [-0.2, 0) is 11.2 Å². The number of hydrazine groups is 1. The molecule has 0 aliphatic rings. The number of carbonyl (C=O) groups excluding carboxylic acids is 3. The molecule has 3 amide bonds. The van der Waals surface area contributed by atoms with Gasteiger partial charge in [-0.1, -0.05) is 54.1 Å². The molecule has 0 aliphatic carbocycles. The number of hydrogen-bond donors (Lipinski definition) is 3. The van der Waals surface area contributed by atoms with Crippen molar-refractivity contribution in [3.05, 3.63) is 106 Å². The molecule has 8 heteroatoms. The summed E-state index contributed by atoms with van der Waals surface area (Å²) in [6.07, 6.45) is 0.182. The average molecular weight is 440 g/mol. The molecule has 0 radical (unpaired) electrons. The third-order valence-corrected chi connectivity index (χ3v) is 4.68. The van der Waals surface area contributed by atoms with Crippen molar-refractivity contribution < 1.29 is 18.8 Å². The van der Waals surface area contributed by atoms with Crippen LogP contribution in [0.2, 0.25) is 5.02 Å². The summed E-state index contributed by atoms with van der Waals surface area (Å²) in [6.45, 7) is 0. The van der Waals surface area contributed by atoms with Crippen molar-refractivity contribution in [3.8, 4) is 0 Å². The number of carbonyl (C=O) groups is 3. The molecule has 3 rings (SSSR count). The Morgan fingerprint density at radius 1 is 0.806 bits per heavy atom. The highest BCUT2D eigenvalue weighted by atomic mass is 35.5. The topological polar surface area (TPSA) is 87.3 Å². The van der Waals surface area contributed by atoms with Gasteiger partial charge in [-0.05, 0) is 42.0 Å². The number of nitrogens with one attached hydrogen (secondary N) is 3. The fraction of sp³-hybridized carbons (Fsp3) is 0.0870. The molecule has 0 heterocycles. The van der Waals surface area contributed by atoms with E-state index in [-0.39, 0.29) is 12.0 Å². The Bertz CT molecular complexity index is 1070. The maximum absolute atomic E-state index is 13.8. The van der Waals surface area contributed by atoms with Gasteiger partial charge in [-0.3, -0.25) is 25.2 Å². The number of rotatable bonds is 6. The van der Waals surface area contributed by atoms with E-state index in [1.807, 2.05) is 30.3 Å². The summed E-state index contributed by atoms with van der Waals surface area (Å²) in [5, 5.41) is 3.13. The molecule has 3 aromatic carbocycles. The minimum Gasteiger partial charge on any atom is -0.340 e. The monoisotopic (exact) mass is 439 g/mol. The number of benzene rings is 3. The van der Waals surface area contributed by atoms with E-state index in [9.17, 15) is 18.8 Å². The van der Waals surface area contributed by atoms with E-state index >= 15 is 0 Å². The molecule has 158 valence electrons. The molecule has 0 saturated carbocycles. The second kappa shape index (κ2) is 10.4. The minimum atomic E-state index is -0.994. The van der Waals surface area contributed by atoms with Gasteiger partial charge < -0.3 is 5.32 Å². The Hall–Kier alpha value is -3.71. The third-order valence-electron chi connectivity index (χ3n) is 4.43. The number of hydrogen-bond acceptors (Lipinski definition) is 3. The average Bonchev–Trinajstić information content (AvgIpc) is 2.78. The van der Waals surface area contributed by atoms with Crippen molar-refractivity contribution in [3.63, 3.8) is 0 Å². The van der Waals surface area contributed by atoms with Crippen LogP contribution < -0.4 is 16.2 Å². The molecule has 1 unspecified atom stereocenters. The first-order valence-corrected chi connectivity index (χ1v) is 9.77.